The van der Waals surface area contributed by atoms with Gasteiger partial charge in [0.15, 0.2) is 0 Å². The van der Waals surface area contributed by atoms with Crippen LogP contribution in [-0.2, 0) is 21.4 Å². The zero-order valence-electron chi connectivity index (χ0n) is 15.2. The Balaban J connectivity index is 1.68. The smallest absolute Gasteiger partial charge is 0.251 e. The third-order valence-electron chi connectivity index (χ3n) is 4.24. The van der Waals surface area contributed by atoms with Crippen molar-refractivity contribution in [2.24, 2.45) is 0 Å². The molecule has 0 bridgehead atoms. The first kappa shape index (κ1) is 19.8. The standard InChI is InChI=1S/C18H20N4O5S/c1-27-18-14(3-2-8-20-18)11-21-17(24)13-4-6-15(7-5-13)28(25,26)22-10-9-19-16(23)12-22/h2-8H,9-12H2,1H3,(H,19,23)(H,21,24). The summed E-state index contributed by atoms with van der Waals surface area (Å²) < 4.78 is 31.5. The van der Waals surface area contributed by atoms with Crippen LogP contribution in [0.15, 0.2) is 47.5 Å². The number of nitrogens with zero attached hydrogens (tertiary/aromatic N) is 2. The molecule has 2 aromatic rings. The van der Waals surface area contributed by atoms with Crippen LogP contribution in [0, 0.1) is 0 Å². The number of sulfonamides is 1. The summed E-state index contributed by atoms with van der Waals surface area (Å²) in [7, 11) is -2.29. The van der Waals surface area contributed by atoms with E-state index in [1.54, 1.807) is 18.3 Å². The summed E-state index contributed by atoms with van der Waals surface area (Å²) >= 11 is 0. The predicted molar refractivity (Wildman–Crippen MR) is 100 cm³/mol. The lowest BCUT2D eigenvalue weighted by Gasteiger charge is -2.25. The number of hydrogen-bond acceptors (Lipinski definition) is 6. The van der Waals surface area contributed by atoms with Gasteiger partial charge >= 0.3 is 0 Å². The first-order valence-electron chi connectivity index (χ1n) is 8.55. The SMILES string of the molecule is COc1ncccc1CNC(=O)c1ccc(S(=O)(=O)N2CCNC(=O)C2)cc1. The first-order chi connectivity index (χ1) is 13.4. The van der Waals surface area contributed by atoms with Crippen LogP contribution in [-0.4, -0.2) is 56.3 Å². The van der Waals surface area contributed by atoms with Gasteiger partial charge in [-0.25, -0.2) is 13.4 Å². The number of carbonyl (C=O) groups is 2. The average Bonchev–Trinajstić information content (AvgIpc) is 2.72. The van der Waals surface area contributed by atoms with Crippen LogP contribution >= 0.6 is 0 Å². The number of hydrogen-bond donors (Lipinski definition) is 2. The highest BCUT2D eigenvalue weighted by atomic mass is 32.2. The van der Waals surface area contributed by atoms with Crippen LogP contribution in [0.3, 0.4) is 0 Å². The van der Waals surface area contributed by atoms with Crippen LogP contribution in [0.25, 0.3) is 0 Å². The minimum atomic E-state index is -3.79. The van der Waals surface area contributed by atoms with Crippen LogP contribution in [0.2, 0.25) is 0 Å². The van der Waals surface area contributed by atoms with E-state index in [9.17, 15) is 18.0 Å². The second-order valence-electron chi connectivity index (χ2n) is 6.07. The van der Waals surface area contributed by atoms with Crippen LogP contribution in [0.5, 0.6) is 5.88 Å². The Morgan fingerprint density at radius 2 is 2.04 bits per heavy atom. The molecule has 9 nitrogen and oxygen atoms in total. The Kier molecular flexibility index (Phi) is 5.90. The number of carbonyl (C=O) groups excluding carboxylic acids is 2. The van der Waals surface area contributed by atoms with E-state index in [1.807, 2.05) is 0 Å². The van der Waals surface area contributed by atoms with E-state index in [4.69, 9.17) is 4.74 Å². The Hall–Kier alpha value is -2.98. The van der Waals surface area contributed by atoms with Gasteiger partial charge in [-0.15, -0.1) is 0 Å². The van der Waals surface area contributed by atoms with E-state index in [0.29, 0.717) is 11.4 Å². The van der Waals surface area contributed by atoms with Gasteiger partial charge in [0.25, 0.3) is 5.91 Å². The molecule has 2 amide bonds. The van der Waals surface area contributed by atoms with Crippen molar-refractivity contribution in [3.8, 4) is 5.88 Å². The Labute approximate surface area is 162 Å². The fourth-order valence-corrected chi connectivity index (χ4v) is 4.16. The maximum atomic E-state index is 12.6. The molecular weight excluding hydrogens is 384 g/mol. The highest BCUT2D eigenvalue weighted by Gasteiger charge is 2.29. The van der Waals surface area contributed by atoms with Crippen molar-refractivity contribution in [1.82, 2.24) is 19.9 Å². The van der Waals surface area contributed by atoms with Gasteiger partial charge in [-0.1, -0.05) is 6.07 Å². The molecule has 1 aromatic carbocycles. The fourth-order valence-electron chi connectivity index (χ4n) is 2.77. The van der Waals surface area contributed by atoms with Crippen LogP contribution < -0.4 is 15.4 Å². The van der Waals surface area contributed by atoms with E-state index in [0.717, 1.165) is 9.87 Å². The molecule has 3 rings (SSSR count). The van der Waals surface area contributed by atoms with E-state index in [-0.39, 0.29) is 42.9 Å². The Morgan fingerprint density at radius 1 is 1.29 bits per heavy atom. The van der Waals surface area contributed by atoms with E-state index < -0.39 is 10.0 Å². The number of methoxy groups -OCH3 is 1. The molecule has 2 heterocycles. The van der Waals surface area contributed by atoms with E-state index in [2.05, 4.69) is 15.6 Å². The molecule has 2 N–H and O–H groups in total. The lowest BCUT2D eigenvalue weighted by atomic mass is 10.2. The molecule has 0 atom stereocenters. The molecule has 0 aliphatic carbocycles. The summed E-state index contributed by atoms with van der Waals surface area (Å²) in [5.41, 5.74) is 1.04. The number of ether oxygens (including phenoxy) is 1. The zero-order valence-corrected chi connectivity index (χ0v) is 16.0. The number of piperazine rings is 1. The lowest BCUT2D eigenvalue weighted by molar-refractivity contribution is -0.122. The van der Waals surface area contributed by atoms with Crippen molar-refractivity contribution in [3.63, 3.8) is 0 Å². The Morgan fingerprint density at radius 3 is 2.71 bits per heavy atom. The molecule has 0 saturated carbocycles. The summed E-state index contributed by atoms with van der Waals surface area (Å²) in [6, 6.07) is 9.13. The summed E-state index contributed by atoms with van der Waals surface area (Å²) in [4.78, 5) is 27.9. The van der Waals surface area contributed by atoms with Crippen molar-refractivity contribution in [1.29, 1.82) is 0 Å². The highest BCUT2D eigenvalue weighted by Crippen LogP contribution is 2.18. The molecule has 28 heavy (non-hydrogen) atoms. The molecule has 0 spiro atoms. The number of rotatable bonds is 6. The van der Waals surface area contributed by atoms with Gasteiger partial charge in [-0.3, -0.25) is 9.59 Å². The number of aromatic nitrogens is 1. The van der Waals surface area contributed by atoms with Crippen LogP contribution in [0.4, 0.5) is 0 Å². The number of benzene rings is 1. The minimum Gasteiger partial charge on any atom is -0.481 e. The lowest BCUT2D eigenvalue weighted by Crippen LogP contribution is -2.49. The highest BCUT2D eigenvalue weighted by molar-refractivity contribution is 7.89. The molecule has 0 unspecified atom stereocenters. The topological polar surface area (TPSA) is 118 Å². The molecular formula is C18H20N4O5S. The van der Waals surface area contributed by atoms with Crippen molar-refractivity contribution < 1.29 is 22.7 Å². The van der Waals surface area contributed by atoms with E-state index in [1.165, 1.54) is 31.4 Å². The fraction of sp³-hybridized carbons (Fsp3) is 0.278. The second kappa shape index (κ2) is 8.36. The van der Waals surface area contributed by atoms with Gasteiger partial charge in [-0.05, 0) is 30.3 Å². The third-order valence-corrected chi connectivity index (χ3v) is 6.10. The van der Waals surface area contributed by atoms with Gasteiger partial charge in [-0.2, -0.15) is 4.31 Å². The first-order valence-corrected chi connectivity index (χ1v) is 9.99. The molecule has 1 aliphatic rings. The van der Waals surface area contributed by atoms with Gasteiger partial charge in [0.2, 0.25) is 21.8 Å². The second-order valence-corrected chi connectivity index (χ2v) is 8.01. The molecule has 148 valence electrons. The predicted octanol–water partition coefficient (Wildman–Crippen LogP) is 0.141. The van der Waals surface area contributed by atoms with Crippen LogP contribution in [0.1, 0.15) is 15.9 Å². The molecule has 1 aromatic heterocycles. The molecule has 1 saturated heterocycles. The largest absolute Gasteiger partial charge is 0.481 e. The maximum absolute atomic E-state index is 12.6. The average molecular weight is 404 g/mol. The van der Waals surface area contributed by atoms with E-state index >= 15 is 0 Å². The molecule has 0 radical (unpaired) electrons. The number of nitrogens with one attached hydrogen (secondary N) is 2. The maximum Gasteiger partial charge on any atom is 0.251 e. The zero-order chi connectivity index (χ0) is 20.1. The van der Waals surface area contributed by atoms with Crippen molar-refractivity contribution in [2.45, 2.75) is 11.4 Å². The third kappa shape index (κ3) is 4.29. The Bertz CT molecular complexity index is 976. The number of amides is 2. The van der Waals surface area contributed by atoms with Gasteiger partial charge < -0.3 is 15.4 Å². The van der Waals surface area contributed by atoms with Crippen molar-refractivity contribution >= 4 is 21.8 Å². The normalized spacial score (nSPS) is 15.0. The molecule has 1 fully saturated rings. The molecule has 1 aliphatic heterocycles. The van der Waals surface area contributed by atoms with Gasteiger partial charge in [0.1, 0.15) is 0 Å². The quantitative estimate of drug-likeness (QED) is 0.707. The summed E-state index contributed by atoms with van der Waals surface area (Å²) in [6.07, 6.45) is 1.59. The summed E-state index contributed by atoms with van der Waals surface area (Å²) in [5, 5.41) is 5.33. The monoisotopic (exact) mass is 404 g/mol. The van der Waals surface area contributed by atoms with Crippen molar-refractivity contribution in [3.05, 3.63) is 53.7 Å². The summed E-state index contributed by atoms with van der Waals surface area (Å²) in [6.45, 7) is 0.496. The van der Waals surface area contributed by atoms with Crippen molar-refractivity contribution in [2.75, 3.05) is 26.7 Å². The van der Waals surface area contributed by atoms with Gasteiger partial charge in [0.05, 0.1) is 18.6 Å². The van der Waals surface area contributed by atoms with Gasteiger partial charge in [0, 0.05) is 37.0 Å². The minimum absolute atomic E-state index is 0.0349. The summed E-state index contributed by atoms with van der Waals surface area (Å²) in [5.74, 6) is -0.265. The molecule has 10 heteroatoms. The number of pyridine rings is 1.